The number of nitrogens with one attached hydrogen (secondary N) is 1. The van der Waals surface area contributed by atoms with Gasteiger partial charge in [-0.15, -0.1) is 0 Å². The van der Waals surface area contributed by atoms with Crippen LogP contribution in [-0.4, -0.2) is 25.8 Å². The Bertz CT molecular complexity index is 194. The molecular weight excluding hydrogens is 174 g/mol. The van der Waals surface area contributed by atoms with Crippen LogP contribution in [0.15, 0.2) is 12.2 Å². The van der Waals surface area contributed by atoms with Crippen molar-refractivity contribution in [2.24, 2.45) is 0 Å². The highest BCUT2D eigenvalue weighted by Crippen LogP contribution is 2.35. The first-order valence-corrected chi connectivity index (χ1v) is 5.54. The molecule has 0 amide bonds. The minimum absolute atomic E-state index is 0.00116. The molecule has 1 N–H and O–H groups in total. The maximum Gasteiger partial charge on any atom is 0.0868 e. The van der Waals surface area contributed by atoms with E-state index in [0.29, 0.717) is 6.04 Å². The molecule has 1 saturated carbocycles. The summed E-state index contributed by atoms with van der Waals surface area (Å²) in [6.45, 7) is 6.13. The van der Waals surface area contributed by atoms with Crippen molar-refractivity contribution in [1.82, 2.24) is 5.32 Å². The summed E-state index contributed by atoms with van der Waals surface area (Å²) < 4.78 is 5.77. The Morgan fingerprint density at radius 2 is 1.93 bits per heavy atom. The van der Waals surface area contributed by atoms with Crippen molar-refractivity contribution in [1.29, 1.82) is 0 Å². The maximum atomic E-state index is 5.77. The fourth-order valence-electron chi connectivity index (χ4n) is 2.72. The molecule has 0 aliphatic heterocycles. The average Bonchev–Trinajstić information content (AvgIpc) is 2.19. The SMILES string of the molecule is C=C(C)C(NC)C1(OC)CCCCC1. The van der Waals surface area contributed by atoms with E-state index >= 15 is 0 Å². The summed E-state index contributed by atoms with van der Waals surface area (Å²) in [5.41, 5.74) is 1.18. The molecule has 82 valence electrons. The maximum absolute atomic E-state index is 5.77. The first kappa shape index (κ1) is 11.7. The summed E-state index contributed by atoms with van der Waals surface area (Å²) in [5, 5.41) is 3.34. The molecule has 14 heavy (non-hydrogen) atoms. The third kappa shape index (κ3) is 2.18. The van der Waals surface area contributed by atoms with Gasteiger partial charge in [0.15, 0.2) is 0 Å². The van der Waals surface area contributed by atoms with Crippen LogP contribution in [0.1, 0.15) is 39.0 Å². The Morgan fingerprint density at radius 3 is 2.29 bits per heavy atom. The molecule has 2 heteroatoms. The van der Waals surface area contributed by atoms with E-state index in [4.69, 9.17) is 4.74 Å². The van der Waals surface area contributed by atoms with E-state index in [9.17, 15) is 0 Å². The first-order valence-electron chi connectivity index (χ1n) is 5.54. The van der Waals surface area contributed by atoms with Gasteiger partial charge in [-0.25, -0.2) is 0 Å². The molecule has 0 aromatic rings. The van der Waals surface area contributed by atoms with Crippen molar-refractivity contribution in [2.75, 3.05) is 14.2 Å². The molecule has 0 aromatic carbocycles. The van der Waals surface area contributed by atoms with E-state index in [1.807, 2.05) is 14.2 Å². The summed E-state index contributed by atoms with van der Waals surface area (Å²) in [4.78, 5) is 0. The number of rotatable bonds is 4. The molecule has 0 saturated heterocycles. The number of likely N-dealkylation sites (N-methyl/N-ethyl adjacent to an activating group) is 1. The van der Waals surface area contributed by atoms with Gasteiger partial charge in [-0.05, 0) is 26.8 Å². The van der Waals surface area contributed by atoms with E-state index in [0.717, 1.165) is 12.8 Å². The van der Waals surface area contributed by atoms with Gasteiger partial charge in [-0.1, -0.05) is 31.4 Å². The summed E-state index contributed by atoms with van der Waals surface area (Å²) in [6.07, 6.45) is 6.21. The van der Waals surface area contributed by atoms with E-state index in [1.54, 1.807) is 0 Å². The van der Waals surface area contributed by atoms with E-state index in [2.05, 4.69) is 18.8 Å². The third-order valence-corrected chi connectivity index (χ3v) is 3.41. The summed E-state index contributed by atoms with van der Waals surface area (Å²) in [6, 6.07) is 0.299. The fraction of sp³-hybridized carbons (Fsp3) is 0.833. The summed E-state index contributed by atoms with van der Waals surface area (Å²) in [5.74, 6) is 0. The largest absolute Gasteiger partial charge is 0.376 e. The average molecular weight is 197 g/mol. The molecule has 1 atom stereocenters. The second-order valence-corrected chi connectivity index (χ2v) is 4.40. The number of ether oxygens (including phenoxy) is 1. The quantitative estimate of drug-likeness (QED) is 0.699. The molecule has 0 aromatic heterocycles. The topological polar surface area (TPSA) is 21.3 Å². The zero-order valence-electron chi connectivity index (χ0n) is 9.73. The molecule has 0 heterocycles. The summed E-state index contributed by atoms with van der Waals surface area (Å²) in [7, 11) is 3.83. The Morgan fingerprint density at radius 1 is 1.36 bits per heavy atom. The van der Waals surface area contributed by atoms with Gasteiger partial charge in [0.1, 0.15) is 0 Å². The molecule has 1 aliphatic rings. The normalized spacial score (nSPS) is 23.1. The van der Waals surface area contributed by atoms with Crippen molar-refractivity contribution >= 4 is 0 Å². The van der Waals surface area contributed by atoms with Crippen LogP contribution in [0.5, 0.6) is 0 Å². The highest BCUT2D eigenvalue weighted by atomic mass is 16.5. The van der Waals surface area contributed by atoms with E-state index < -0.39 is 0 Å². The molecule has 1 aliphatic carbocycles. The molecule has 1 rings (SSSR count). The zero-order valence-corrected chi connectivity index (χ0v) is 9.73. The van der Waals surface area contributed by atoms with Crippen molar-refractivity contribution < 1.29 is 4.74 Å². The lowest BCUT2D eigenvalue weighted by Gasteiger charge is -2.42. The van der Waals surface area contributed by atoms with Gasteiger partial charge in [0.2, 0.25) is 0 Å². The van der Waals surface area contributed by atoms with Crippen molar-refractivity contribution in [3.63, 3.8) is 0 Å². The first-order chi connectivity index (χ1) is 6.66. The lowest BCUT2D eigenvalue weighted by molar-refractivity contribution is -0.0569. The van der Waals surface area contributed by atoms with Crippen molar-refractivity contribution in [3.05, 3.63) is 12.2 Å². The minimum Gasteiger partial charge on any atom is -0.376 e. The number of methoxy groups -OCH3 is 1. The van der Waals surface area contributed by atoms with E-state index in [1.165, 1.54) is 24.8 Å². The molecule has 0 spiro atoms. The number of hydrogen-bond acceptors (Lipinski definition) is 2. The van der Waals surface area contributed by atoms with E-state index in [-0.39, 0.29) is 5.60 Å². The minimum atomic E-state index is -0.00116. The van der Waals surface area contributed by atoms with Crippen LogP contribution in [0.4, 0.5) is 0 Å². The predicted molar refractivity (Wildman–Crippen MR) is 60.5 cm³/mol. The van der Waals surface area contributed by atoms with Crippen LogP contribution in [0.3, 0.4) is 0 Å². The lowest BCUT2D eigenvalue weighted by Crippen LogP contribution is -2.52. The standard InChI is InChI=1S/C12H23NO/c1-10(2)11(13-3)12(14-4)8-6-5-7-9-12/h11,13H,1,5-9H2,2-4H3. The van der Waals surface area contributed by atoms with Crippen LogP contribution in [-0.2, 0) is 4.74 Å². The molecule has 1 unspecified atom stereocenters. The van der Waals surface area contributed by atoms with Crippen molar-refractivity contribution in [2.45, 2.75) is 50.7 Å². The fourth-order valence-corrected chi connectivity index (χ4v) is 2.72. The van der Waals surface area contributed by atoms with Crippen LogP contribution < -0.4 is 5.32 Å². The van der Waals surface area contributed by atoms with Gasteiger partial charge < -0.3 is 10.1 Å². The van der Waals surface area contributed by atoms with Crippen LogP contribution >= 0.6 is 0 Å². The molecule has 0 radical (unpaired) electrons. The second kappa shape index (κ2) is 4.94. The van der Waals surface area contributed by atoms with Gasteiger partial charge in [-0.2, -0.15) is 0 Å². The Hall–Kier alpha value is -0.340. The zero-order chi connectivity index (χ0) is 10.6. The molecule has 0 bridgehead atoms. The van der Waals surface area contributed by atoms with Crippen LogP contribution in [0, 0.1) is 0 Å². The molecular formula is C12H23NO. The highest BCUT2D eigenvalue weighted by Gasteiger charge is 2.39. The smallest absolute Gasteiger partial charge is 0.0868 e. The predicted octanol–water partition coefficient (Wildman–Crippen LogP) is 2.50. The Kier molecular flexibility index (Phi) is 4.14. The van der Waals surface area contributed by atoms with Crippen molar-refractivity contribution in [3.8, 4) is 0 Å². The molecule has 1 fully saturated rings. The summed E-state index contributed by atoms with van der Waals surface area (Å²) >= 11 is 0. The number of hydrogen-bond donors (Lipinski definition) is 1. The van der Waals surface area contributed by atoms with Gasteiger partial charge in [0.05, 0.1) is 11.6 Å². The highest BCUT2D eigenvalue weighted by molar-refractivity contribution is 5.12. The monoisotopic (exact) mass is 197 g/mol. The Balaban J connectivity index is 2.79. The van der Waals surface area contributed by atoms with Gasteiger partial charge in [0, 0.05) is 7.11 Å². The Labute approximate surface area is 87.7 Å². The van der Waals surface area contributed by atoms with Crippen LogP contribution in [0.2, 0.25) is 0 Å². The second-order valence-electron chi connectivity index (χ2n) is 4.40. The lowest BCUT2D eigenvalue weighted by atomic mass is 9.77. The van der Waals surface area contributed by atoms with Gasteiger partial charge in [-0.3, -0.25) is 0 Å². The third-order valence-electron chi connectivity index (χ3n) is 3.41. The van der Waals surface area contributed by atoms with Gasteiger partial charge in [0.25, 0.3) is 0 Å². The van der Waals surface area contributed by atoms with Crippen LogP contribution in [0.25, 0.3) is 0 Å². The van der Waals surface area contributed by atoms with Gasteiger partial charge >= 0.3 is 0 Å². The molecule has 2 nitrogen and oxygen atoms in total.